The standard InChI is InChI=1S/C22H21IN2O2/c23-19-10-12-20(13-11-19)25-22(26)16-27-21-9-5-4-8-18(21)15-24-14-17-6-2-1-3-7-17/h1-13,24H,14-16H2,(H,25,26). The largest absolute Gasteiger partial charge is 0.483 e. The van der Waals surface area contributed by atoms with Crippen LogP contribution >= 0.6 is 22.6 Å². The quantitative estimate of drug-likeness (QED) is 0.472. The Morgan fingerprint density at radius 3 is 2.33 bits per heavy atom. The highest BCUT2D eigenvalue weighted by Gasteiger charge is 2.07. The molecular weight excluding hydrogens is 451 g/mol. The Morgan fingerprint density at radius 2 is 1.56 bits per heavy atom. The van der Waals surface area contributed by atoms with E-state index in [9.17, 15) is 4.79 Å². The Balaban J connectivity index is 1.51. The van der Waals surface area contributed by atoms with Crippen molar-refractivity contribution in [2.24, 2.45) is 0 Å². The molecule has 0 radical (unpaired) electrons. The molecule has 5 heteroatoms. The number of rotatable bonds is 8. The third-order valence-electron chi connectivity index (χ3n) is 3.95. The monoisotopic (exact) mass is 472 g/mol. The molecule has 0 saturated heterocycles. The van der Waals surface area contributed by atoms with Crippen molar-refractivity contribution in [3.8, 4) is 5.75 Å². The molecule has 0 atom stereocenters. The summed E-state index contributed by atoms with van der Waals surface area (Å²) in [4.78, 5) is 12.1. The van der Waals surface area contributed by atoms with Crippen molar-refractivity contribution in [2.45, 2.75) is 13.1 Å². The van der Waals surface area contributed by atoms with Crippen LogP contribution in [0.25, 0.3) is 0 Å². The van der Waals surface area contributed by atoms with Gasteiger partial charge < -0.3 is 15.4 Å². The van der Waals surface area contributed by atoms with E-state index in [1.165, 1.54) is 5.56 Å². The lowest BCUT2D eigenvalue weighted by atomic mass is 10.2. The minimum absolute atomic E-state index is 0.0261. The predicted octanol–water partition coefficient (Wildman–Crippen LogP) is 4.60. The van der Waals surface area contributed by atoms with Gasteiger partial charge in [0.1, 0.15) is 5.75 Å². The van der Waals surface area contributed by atoms with Crippen LogP contribution in [0.2, 0.25) is 0 Å². The highest BCUT2D eigenvalue weighted by Crippen LogP contribution is 2.18. The van der Waals surface area contributed by atoms with E-state index in [-0.39, 0.29) is 12.5 Å². The van der Waals surface area contributed by atoms with Gasteiger partial charge in [-0.2, -0.15) is 0 Å². The Morgan fingerprint density at radius 1 is 0.852 bits per heavy atom. The third-order valence-corrected chi connectivity index (χ3v) is 4.67. The average Bonchev–Trinajstić information content (AvgIpc) is 2.70. The van der Waals surface area contributed by atoms with Crippen LogP contribution in [0.15, 0.2) is 78.9 Å². The van der Waals surface area contributed by atoms with Crippen molar-refractivity contribution in [3.63, 3.8) is 0 Å². The van der Waals surface area contributed by atoms with Gasteiger partial charge in [-0.25, -0.2) is 0 Å². The topological polar surface area (TPSA) is 50.4 Å². The van der Waals surface area contributed by atoms with E-state index in [0.29, 0.717) is 6.54 Å². The maximum absolute atomic E-state index is 12.1. The number of anilines is 1. The fourth-order valence-electron chi connectivity index (χ4n) is 2.60. The summed E-state index contributed by atoms with van der Waals surface area (Å²) in [5.41, 5.74) is 3.02. The van der Waals surface area contributed by atoms with Crippen LogP contribution in [0, 0.1) is 3.57 Å². The van der Waals surface area contributed by atoms with Gasteiger partial charge in [0.2, 0.25) is 0 Å². The van der Waals surface area contributed by atoms with E-state index >= 15 is 0 Å². The summed E-state index contributed by atoms with van der Waals surface area (Å²) in [6.45, 7) is 1.42. The summed E-state index contributed by atoms with van der Waals surface area (Å²) < 4.78 is 6.87. The van der Waals surface area contributed by atoms with Gasteiger partial charge in [-0.1, -0.05) is 48.5 Å². The molecule has 2 N–H and O–H groups in total. The van der Waals surface area contributed by atoms with Crippen molar-refractivity contribution < 1.29 is 9.53 Å². The Kier molecular flexibility index (Phi) is 7.24. The summed E-state index contributed by atoms with van der Waals surface area (Å²) in [6, 6.07) is 25.7. The van der Waals surface area contributed by atoms with Crippen molar-refractivity contribution in [2.75, 3.05) is 11.9 Å². The molecule has 0 aliphatic heterocycles. The molecule has 0 bridgehead atoms. The minimum Gasteiger partial charge on any atom is -0.483 e. The number of benzene rings is 3. The fraction of sp³-hybridized carbons (Fsp3) is 0.136. The van der Waals surface area contributed by atoms with E-state index in [2.05, 4.69) is 45.4 Å². The minimum atomic E-state index is -0.178. The highest BCUT2D eigenvalue weighted by molar-refractivity contribution is 14.1. The van der Waals surface area contributed by atoms with E-state index in [1.54, 1.807) is 0 Å². The molecule has 0 saturated carbocycles. The van der Waals surface area contributed by atoms with Crippen molar-refractivity contribution in [1.29, 1.82) is 0 Å². The zero-order chi connectivity index (χ0) is 18.9. The van der Waals surface area contributed by atoms with Crippen LogP contribution in [0.4, 0.5) is 5.69 Å². The van der Waals surface area contributed by atoms with Crippen molar-refractivity contribution in [1.82, 2.24) is 5.32 Å². The van der Waals surface area contributed by atoms with E-state index in [1.807, 2.05) is 66.7 Å². The number of halogens is 1. The second kappa shape index (κ2) is 10.1. The molecule has 0 aliphatic carbocycles. The molecule has 3 aromatic carbocycles. The normalized spacial score (nSPS) is 10.4. The third kappa shape index (κ3) is 6.37. The van der Waals surface area contributed by atoms with Gasteiger partial charge in [0.25, 0.3) is 5.91 Å². The lowest BCUT2D eigenvalue weighted by Crippen LogP contribution is -2.21. The van der Waals surface area contributed by atoms with Crippen molar-refractivity contribution in [3.05, 3.63) is 93.6 Å². The molecular formula is C22H21IN2O2. The lowest BCUT2D eigenvalue weighted by molar-refractivity contribution is -0.118. The van der Waals surface area contributed by atoms with Gasteiger partial charge in [-0.15, -0.1) is 0 Å². The summed E-state index contributed by atoms with van der Waals surface area (Å²) >= 11 is 2.23. The zero-order valence-electron chi connectivity index (χ0n) is 14.8. The number of amides is 1. The number of para-hydroxylation sites is 1. The number of ether oxygens (including phenoxy) is 1. The molecule has 0 aliphatic rings. The van der Waals surface area contributed by atoms with Crippen LogP contribution in [0.3, 0.4) is 0 Å². The number of hydrogen-bond acceptors (Lipinski definition) is 3. The average molecular weight is 472 g/mol. The lowest BCUT2D eigenvalue weighted by Gasteiger charge is -2.12. The van der Waals surface area contributed by atoms with E-state index in [0.717, 1.165) is 27.1 Å². The summed E-state index contributed by atoms with van der Waals surface area (Å²) in [5.74, 6) is 0.541. The van der Waals surface area contributed by atoms with Gasteiger partial charge >= 0.3 is 0 Å². The van der Waals surface area contributed by atoms with Crippen LogP contribution in [0.5, 0.6) is 5.75 Å². The molecule has 0 fully saturated rings. The van der Waals surface area contributed by atoms with Crippen LogP contribution in [-0.2, 0) is 17.9 Å². The van der Waals surface area contributed by atoms with Gasteiger partial charge in [0.15, 0.2) is 6.61 Å². The Hall–Kier alpha value is -2.38. The molecule has 3 rings (SSSR count). The molecule has 0 spiro atoms. The molecule has 138 valence electrons. The van der Waals surface area contributed by atoms with Crippen LogP contribution in [0.1, 0.15) is 11.1 Å². The molecule has 1 amide bonds. The molecule has 4 nitrogen and oxygen atoms in total. The smallest absolute Gasteiger partial charge is 0.262 e. The number of hydrogen-bond donors (Lipinski definition) is 2. The second-order valence-electron chi connectivity index (χ2n) is 6.04. The Bertz CT molecular complexity index is 867. The SMILES string of the molecule is O=C(COc1ccccc1CNCc1ccccc1)Nc1ccc(I)cc1. The Labute approximate surface area is 173 Å². The van der Waals surface area contributed by atoms with E-state index < -0.39 is 0 Å². The number of carbonyl (C=O) groups is 1. The van der Waals surface area contributed by atoms with E-state index in [4.69, 9.17) is 4.74 Å². The van der Waals surface area contributed by atoms with Gasteiger partial charge in [-0.3, -0.25) is 4.79 Å². The molecule has 0 aromatic heterocycles. The van der Waals surface area contributed by atoms with Gasteiger partial charge in [-0.05, 0) is 58.5 Å². The summed E-state index contributed by atoms with van der Waals surface area (Å²) in [6.07, 6.45) is 0. The first-order chi connectivity index (χ1) is 13.2. The molecule has 3 aromatic rings. The second-order valence-corrected chi connectivity index (χ2v) is 7.29. The first-order valence-corrected chi connectivity index (χ1v) is 9.79. The maximum Gasteiger partial charge on any atom is 0.262 e. The zero-order valence-corrected chi connectivity index (χ0v) is 17.0. The van der Waals surface area contributed by atoms with Crippen LogP contribution in [-0.4, -0.2) is 12.5 Å². The highest BCUT2D eigenvalue weighted by atomic mass is 127. The summed E-state index contributed by atoms with van der Waals surface area (Å²) in [5, 5.41) is 6.25. The molecule has 27 heavy (non-hydrogen) atoms. The first kappa shape index (κ1) is 19.4. The number of carbonyl (C=O) groups excluding carboxylic acids is 1. The predicted molar refractivity (Wildman–Crippen MR) is 117 cm³/mol. The van der Waals surface area contributed by atoms with Gasteiger partial charge in [0.05, 0.1) is 0 Å². The molecule has 0 unspecified atom stereocenters. The fourth-order valence-corrected chi connectivity index (χ4v) is 2.96. The first-order valence-electron chi connectivity index (χ1n) is 8.71. The van der Waals surface area contributed by atoms with Crippen molar-refractivity contribution >= 4 is 34.2 Å². The van der Waals surface area contributed by atoms with Gasteiger partial charge in [0, 0.05) is 27.9 Å². The van der Waals surface area contributed by atoms with Crippen LogP contribution < -0.4 is 15.4 Å². The number of nitrogens with one attached hydrogen (secondary N) is 2. The summed E-state index contributed by atoms with van der Waals surface area (Å²) in [7, 11) is 0. The maximum atomic E-state index is 12.1. The molecule has 0 heterocycles.